The largest absolute Gasteiger partial charge is 0.370 e. The molecule has 2 aromatic rings. The second-order valence-corrected chi connectivity index (χ2v) is 3.74. The van der Waals surface area contributed by atoms with Gasteiger partial charge in [-0.25, -0.2) is 4.98 Å². The molecule has 0 atom stereocenters. The molecule has 7 nitrogen and oxygen atoms in total. The number of hydrogen-bond acceptors (Lipinski definition) is 6. The summed E-state index contributed by atoms with van der Waals surface area (Å²) in [5.41, 5.74) is 0. The molecule has 96 valence electrons. The quantitative estimate of drug-likeness (QED) is 0.710. The standard InChI is InChI=1S/C11H17N7/c1-2-12-11-14-6-4-10(16-11)13-5-3-8-18-9-7-15-17-18/h4,6-7,9H,2-3,5,8H2,1H3,(H2,12,13,14,16). The number of aryl methyl sites for hydroxylation is 1. The normalized spacial score (nSPS) is 10.3. The van der Waals surface area contributed by atoms with Crippen molar-refractivity contribution in [3.05, 3.63) is 24.7 Å². The molecule has 0 amide bonds. The van der Waals surface area contributed by atoms with Gasteiger partial charge in [-0.2, -0.15) is 4.98 Å². The first-order valence-electron chi connectivity index (χ1n) is 6.03. The van der Waals surface area contributed by atoms with Gasteiger partial charge in [-0.1, -0.05) is 5.21 Å². The van der Waals surface area contributed by atoms with E-state index in [0.29, 0.717) is 5.95 Å². The van der Waals surface area contributed by atoms with Crippen molar-refractivity contribution < 1.29 is 0 Å². The van der Waals surface area contributed by atoms with Crippen LogP contribution < -0.4 is 10.6 Å². The lowest BCUT2D eigenvalue weighted by Crippen LogP contribution is -2.09. The average molecular weight is 247 g/mol. The number of hydrogen-bond donors (Lipinski definition) is 2. The highest BCUT2D eigenvalue weighted by atomic mass is 15.4. The highest BCUT2D eigenvalue weighted by Gasteiger charge is 1.97. The van der Waals surface area contributed by atoms with Gasteiger partial charge in [-0.05, 0) is 19.4 Å². The molecule has 2 aromatic heterocycles. The van der Waals surface area contributed by atoms with Crippen LogP contribution in [0.25, 0.3) is 0 Å². The Morgan fingerprint density at radius 1 is 1.28 bits per heavy atom. The summed E-state index contributed by atoms with van der Waals surface area (Å²) in [5.74, 6) is 1.48. The zero-order valence-electron chi connectivity index (χ0n) is 10.4. The van der Waals surface area contributed by atoms with Gasteiger partial charge >= 0.3 is 0 Å². The molecule has 18 heavy (non-hydrogen) atoms. The minimum Gasteiger partial charge on any atom is -0.370 e. The molecular weight excluding hydrogens is 230 g/mol. The Labute approximate surface area is 106 Å². The van der Waals surface area contributed by atoms with Crippen LogP contribution in [0.3, 0.4) is 0 Å². The van der Waals surface area contributed by atoms with Crippen LogP contribution in [0.1, 0.15) is 13.3 Å². The topological polar surface area (TPSA) is 80.5 Å². The lowest BCUT2D eigenvalue weighted by atomic mass is 10.4. The maximum absolute atomic E-state index is 4.33. The van der Waals surface area contributed by atoms with E-state index in [-0.39, 0.29) is 0 Å². The molecule has 2 heterocycles. The number of anilines is 2. The van der Waals surface area contributed by atoms with Crippen LogP contribution in [-0.4, -0.2) is 38.1 Å². The second-order valence-electron chi connectivity index (χ2n) is 3.74. The van der Waals surface area contributed by atoms with Crippen molar-refractivity contribution in [3.8, 4) is 0 Å². The van der Waals surface area contributed by atoms with Crippen molar-refractivity contribution in [3.63, 3.8) is 0 Å². The van der Waals surface area contributed by atoms with Gasteiger partial charge in [-0.3, -0.25) is 4.68 Å². The molecule has 0 bridgehead atoms. The van der Waals surface area contributed by atoms with Gasteiger partial charge in [0.25, 0.3) is 0 Å². The molecule has 0 aliphatic heterocycles. The Bertz CT molecular complexity index is 454. The zero-order chi connectivity index (χ0) is 12.6. The molecule has 0 spiro atoms. The van der Waals surface area contributed by atoms with Gasteiger partial charge < -0.3 is 10.6 Å². The van der Waals surface area contributed by atoms with Gasteiger partial charge in [0.15, 0.2) is 0 Å². The van der Waals surface area contributed by atoms with Crippen LogP contribution in [0.5, 0.6) is 0 Å². The minimum absolute atomic E-state index is 0.652. The molecule has 0 fully saturated rings. The first-order valence-corrected chi connectivity index (χ1v) is 6.03. The third kappa shape index (κ3) is 3.69. The fourth-order valence-corrected chi connectivity index (χ4v) is 1.51. The first kappa shape index (κ1) is 12.3. The van der Waals surface area contributed by atoms with E-state index in [9.17, 15) is 0 Å². The van der Waals surface area contributed by atoms with Crippen molar-refractivity contribution in [1.29, 1.82) is 0 Å². The molecule has 0 aliphatic carbocycles. The molecule has 0 radical (unpaired) electrons. The highest BCUT2D eigenvalue weighted by Crippen LogP contribution is 2.05. The molecule has 2 N–H and O–H groups in total. The smallest absolute Gasteiger partial charge is 0.224 e. The fourth-order valence-electron chi connectivity index (χ4n) is 1.51. The predicted octanol–water partition coefficient (Wildman–Crippen LogP) is 1.00. The van der Waals surface area contributed by atoms with Crippen molar-refractivity contribution in [2.24, 2.45) is 0 Å². The molecule has 0 unspecified atom stereocenters. The van der Waals surface area contributed by atoms with Crippen LogP contribution >= 0.6 is 0 Å². The summed E-state index contributed by atoms with van der Waals surface area (Å²) in [6.45, 7) is 4.51. The van der Waals surface area contributed by atoms with Crippen LogP contribution in [0.4, 0.5) is 11.8 Å². The third-order valence-electron chi connectivity index (χ3n) is 2.33. The highest BCUT2D eigenvalue weighted by molar-refractivity contribution is 5.39. The third-order valence-corrected chi connectivity index (χ3v) is 2.33. The Hall–Kier alpha value is -2.18. The Morgan fingerprint density at radius 2 is 2.22 bits per heavy atom. The second kappa shape index (κ2) is 6.53. The molecule has 0 aliphatic rings. The maximum atomic E-state index is 4.33. The lowest BCUT2D eigenvalue weighted by Gasteiger charge is -2.07. The minimum atomic E-state index is 0.652. The summed E-state index contributed by atoms with van der Waals surface area (Å²) in [7, 11) is 0. The van der Waals surface area contributed by atoms with Gasteiger partial charge in [0.2, 0.25) is 5.95 Å². The molecule has 7 heteroatoms. The van der Waals surface area contributed by atoms with Crippen molar-refractivity contribution in [2.45, 2.75) is 19.9 Å². The lowest BCUT2D eigenvalue weighted by molar-refractivity contribution is 0.569. The molecule has 0 saturated carbocycles. The van der Waals surface area contributed by atoms with E-state index in [4.69, 9.17) is 0 Å². The zero-order valence-corrected chi connectivity index (χ0v) is 10.4. The van der Waals surface area contributed by atoms with E-state index >= 15 is 0 Å². The van der Waals surface area contributed by atoms with Gasteiger partial charge in [0.05, 0.1) is 6.20 Å². The molecule has 0 aromatic carbocycles. The maximum Gasteiger partial charge on any atom is 0.224 e. The number of rotatable bonds is 7. The van der Waals surface area contributed by atoms with E-state index in [1.54, 1.807) is 12.4 Å². The summed E-state index contributed by atoms with van der Waals surface area (Å²) in [5, 5.41) is 14.0. The molecule has 0 saturated heterocycles. The van der Waals surface area contributed by atoms with Gasteiger partial charge in [-0.15, -0.1) is 5.10 Å². The Balaban J connectivity index is 1.74. The summed E-state index contributed by atoms with van der Waals surface area (Å²) >= 11 is 0. The summed E-state index contributed by atoms with van der Waals surface area (Å²) in [6.07, 6.45) is 6.24. The monoisotopic (exact) mass is 247 g/mol. The van der Waals surface area contributed by atoms with Gasteiger partial charge in [0, 0.05) is 32.0 Å². The van der Waals surface area contributed by atoms with Crippen molar-refractivity contribution in [1.82, 2.24) is 25.0 Å². The number of nitrogens with zero attached hydrogens (tertiary/aromatic N) is 5. The van der Waals surface area contributed by atoms with Crippen molar-refractivity contribution >= 4 is 11.8 Å². The summed E-state index contributed by atoms with van der Waals surface area (Å²) in [4.78, 5) is 8.44. The molecular formula is C11H17N7. The van der Waals surface area contributed by atoms with E-state index in [1.165, 1.54) is 0 Å². The fraction of sp³-hybridized carbons (Fsp3) is 0.455. The van der Waals surface area contributed by atoms with Crippen LogP contribution in [-0.2, 0) is 6.54 Å². The number of aromatic nitrogens is 5. The van der Waals surface area contributed by atoms with Crippen LogP contribution in [0.2, 0.25) is 0 Å². The first-order chi connectivity index (χ1) is 8.88. The van der Waals surface area contributed by atoms with Crippen LogP contribution in [0, 0.1) is 0 Å². The SMILES string of the molecule is CCNc1nccc(NCCCn2ccnn2)n1. The van der Waals surface area contributed by atoms with Gasteiger partial charge in [0.1, 0.15) is 5.82 Å². The van der Waals surface area contributed by atoms with Crippen molar-refractivity contribution in [2.75, 3.05) is 23.7 Å². The summed E-state index contributed by atoms with van der Waals surface area (Å²) in [6, 6.07) is 1.86. The predicted molar refractivity (Wildman–Crippen MR) is 69.3 cm³/mol. The van der Waals surface area contributed by atoms with Crippen LogP contribution in [0.15, 0.2) is 24.7 Å². The summed E-state index contributed by atoms with van der Waals surface area (Å²) < 4.78 is 1.81. The van der Waals surface area contributed by atoms with E-state index in [1.807, 2.05) is 23.9 Å². The number of nitrogens with one attached hydrogen (secondary N) is 2. The Morgan fingerprint density at radius 3 is 3.00 bits per heavy atom. The average Bonchev–Trinajstić information content (AvgIpc) is 2.89. The van der Waals surface area contributed by atoms with E-state index in [0.717, 1.165) is 31.9 Å². The van der Waals surface area contributed by atoms with E-state index < -0.39 is 0 Å². The van der Waals surface area contributed by atoms with E-state index in [2.05, 4.69) is 30.9 Å². The Kier molecular flexibility index (Phi) is 4.46. The molecule has 2 rings (SSSR count).